The van der Waals surface area contributed by atoms with Gasteiger partial charge in [-0.05, 0) is 43.5 Å². The molecule has 0 aliphatic carbocycles. The Kier molecular flexibility index (Phi) is 4.76. The summed E-state index contributed by atoms with van der Waals surface area (Å²) in [6.45, 7) is 5.51. The molecule has 2 rings (SSSR count). The summed E-state index contributed by atoms with van der Waals surface area (Å²) in [7, 11) is 0. The maximum absolute atomic E-state index is 11.8. The maximum atomic E-state index is 11.8. The number of nitrogens with zero attached hydrogens (tertiary/aromatic N) is 2. The van der Waals surface area contributed by atoms with Crippen LogP contribution in [0, 0.1) is 13.8 Å². The monoisotopic (exact) mass is 272 g/mol. The zero-order chi connectivity index (χ0) is 14.4. The Bertz CT molecular complexity index is 543. The lowest BCUT2D eigenvalue weighted by atomic mass is 10.1. The summed E-state index contributed by atoms with van der Waals surface area (Å²) < 4.78 is 1.99. The minimum absolute atomic E-state index is 0.166. The van der Waals surface area contributed by atoms with Crippen LogP contribution in [0.25, 0.3) is 0 Å². The van der Waals surface area contributed by atoms with Crippen molar-refractivity contribution in [3.63, 3.8) is 0 Å². The fourth-order valence-corrected chi connectivity index (χ4v) is 2.10. The SMILES string of the molecule is Cc1cc(C)cc(NC(=O)NCCCn2ccnc2)c1. The lowest BCUT2D eigenvalue weighted by molar-refractivity contribution is 0.252. The van der Waals surface area contributed by atoms with E-state index in [-0.39, 0.29) is 6.03 Å². The molecule has 0 aliphatic heterocycles. The van der Waals surface area contributed by atoms with Crippen molar-refractivity contribution in [2.75, 3.05) is 11.9 Å². The van der Waals surface area contributed by atoms with Crippen LogP contribution in [0.5, 0.6) is 0 Å². The zero-order valence-corrected chi connectivity index (χ0v) is 11.9. The molecular weight excluding hydrogens is 252 g/mol. The molecule has 0 unspecified atom stereocenters. The summed E-state index contributed by atoms with van der Waals surface area (Å²) >= 11 is 0. The number of hydrogen-bond acceptors (Lipinski definition) is 2. The predicted molar refractivity (Wildman–Crippen MR) is 79.8 cm³/mol. The highest BCUT2D eigenvalue weighted by Crippen LogP contribution is 2.13. The normalized spacial score (nSPS) is 10.3. The molecule has 20 heavy (non-hydrogen) atoms. The van der Waals surface area contributed by atoms with Gasteiger partial charge in [0.05, 0.1) is 6.33 Å². The van der Waals surface area contributed by atoms with Gasteiger partial charge in [0.25, 0.3) is 0 Å². The van der Waals surface area contributed by atoms with Crippen LogP contribution in [0.3, 0.4) is 0 Å². The molecule has 0 bridgehead atoms. The first-order valence-corrected chi connectivity index (χ1v) is 6.72. The van der Waals surface area contributed by atoms with Crippen LogP contribution in [-0.2, 0) is 6.54 Å². The van der Waals surface area contributed by atoms with E-state index < -0.39 is 0 Å². The molecule has 2 aromatic rings. The molecular formula is C15H20N4O. The van der Waals surface area contributed by atoms with Crippen LogP contribution in [0.4, 0.5) is 10.5 Å². The van der Waals surface area contributed by atoms with Gasteiger partial charge >= 0.3 is 6.03 Å². The second kappa shape index (κ2) is 6.75. The van der Waals surface area contributed by atoms with Gasteiger partial charge < -0.3 is 15.2 Å². The number of aromatic nitrogens is 2. The fraction of sp³-hybridized carbons (Fsp3) is 0.333. The summed E-state index contributed by atoms with van der Waals surface area (Å²) in [6.07, 6.45) is 6.31. The summed E-state index contributed by atoms with van der Waals surface area (Å²) in [4.78, 5) is 15.7. The Morgan fingerprint density at radius 3 is 2.65 bits per heavy atom. The summed E-state index contributed by atoms with van der Waals surface area (Å²) in [5.41, 5.74) is 3.11. The molecule has 0 saturated carbocycles. The average molecular weight is 272 g/mol. The van der Waals surface area contributed by atoms with E-state index in [0.29, 0.717) is 6.54 Å². The summed E-state index contributed by atoms with van der Waals surface area (Å²) in [5.74, 6) is 0. The molecule has 0 fully saturated rings. The van der Waals surface area contributed by atoms with E-state index >= 15 is 0 Å². The summed E-state index contributed by atoms with van der Waals surface area (Å²) in [5, 5.41) is 5.70. The number of benzene rings is 1. The average Bonchev–Trinajstić information content (AvgIpc) is 2.86. The van der Waals surface area contributed by atoms with Crippen molar-refractivity contribution in [1.29, 1.82) is 0 Å². The van der Waals surface area contributed by atoms with Crippen molar-refractivity contribution >= 4 is 11.7 Å². The van der Waals surface area contributed by atoms with Crippen molar-refractivity contribution < 1.29 is 4.79 Å². The number of amides is 2. The molecule has 1 aromatic heterocycles. The van der Waals surface area contributed by atoms with Crippen molar-refractivity contribution in [3.8, 4) is 0 Å². The number of carbonyl (C=O) groups excluding carboxylic acids is 1. The van der Waals surface area contributed by atoms with Crippen LogP contribution in [0.2, 0.25) is 0 Å². The van der Waals surface area contributed by atoms with Crippen LogP contribution in [0.1, 0.15) is 17.5 Å². The third kappa shape index (κ3) is 4.42. The van der Waals surface area contributed by atoms with Crippen LogP contribution in [-0.4, -0.2) is 22.1 Å². The van der Waals surface area contributed by atoms with Gasteiger partial charge in [-0.2, -0.15) is 0 Å². The number of urea groups is 1. The van der Waals surface area contributed by atoms with E-state index in [1.165, 1.54) is 0 Å². The molecule has 1 aromatic carbocycles. The standard InChI is InChI=1S/C15H20N4O/c1-12-8-13(2)10-14(9-12)18-15(20)17-4-3-6-19-7-5-16-11-19/h5,7-11H,3-4,6H2,1-2H3,(H2,17,18,20). The van der Waals surface area contributed by atoms with E-state index in [9.17, 15) is 4.79 Å². The molecule has 2 amide bonds. The van der Waals surface area contributed by atoms with Gasteiger partial charge in [-0.15, -0.1) is 0 Å². The lowest BCUT2D eigenvalue weighted by Crippen LogP contribution is -2.30. The highest BCUT2D eigenvalue weighted by Gasteiger charge is 2.02. The molecule has 5 heteroatoms. The van der Waals surface area contributed by atoms with Gasteiger partial charge in [0.1, 0.15) is 0 Å². The molecule has 0 aliphatic rings. The smallest absolute Gasteiger partial charge is 0.319 e. The van der Waals surface area contributed by atoms with Gasteiger partial charge in [-0.3, -0.25) is 0 Å². The first kappa shape index (κ1) is 14.1. The quantitative estimate of drug-likeness (QED) is 0.822. The number of hydrogen-bond donors (Lipinski definition) is 2. The highest BCUT2D eigenvalue weighted by molar-refractivity contribution is 5.89. The Hall–Kier alpha value is -2.30. The fourth-order valence-electron chi connectivity index (χ4n) is 2.10. The van der Waals surface area contributed by atoms with E-state index in [1.807, 2.05) is 36.7 Å². The van der Waals surface area contributed by atoms with Gasteiger partial charge in [0.15, 0.2) is 0 Å². The molecule has 0 atom stereocenters. The third-order valence-corrected chi connectivity index (χ3v) is 2.92. The molecule has 2 N–H and O–H groups in total. The number of aryl methyl sites for hydroxylation is 3. The van der Waals surface area contributed by atoms with Crippen molar-refractivity contribution in [2.24, 2.45) is 0 Å². The van der Waals surface area contributed by atoms with Crippen LogP contribution in [0.15, 0.2) is 36.9 Å². The number of nitrogens with one attached hydrogen (secondary N) is 2. The molecule has 0 radical (unpaired) electrons. The van der Waals surface area contributed by atoms with E-state index in [0.717, 1.165) is 29.8 Å². The Morgan fingerprint density at radius 1 is 1.25 bits per heavy atom. The van der Waals surface area contributed by atoms with Gasteiger partial charge in [0, 0.05) is 31.2 Å². The Morgan fingerprint density at radius 2 is 2.00 bits per heavy atom. The van der Waals surface area contributed by atoms with Crippen LogP contribution < -0.4 is 10.6 Å². The first-order chi connectivity index (χ1) is 9.63. The van der Waals surface area contributed by atoms with Crippen LogP contribution >= 0.6 is 0 Å². The molecule has 0 saturated heterocycles. The lowest BCUT2D eigenvalue weighted by Gasteiger charge is -2.09. The molecule has 5 nitrogen and oxygen atoms in total. The second-order valence-electron chi connectivity index (χ2n) is 4.91. The Labute approximate surface area is 119 Å². The Balaban J connectivity index is 1.72. The minimum Gasteiger partial charge on any atom is -0.338 e. The van der Waals surface area contributed by atoms with Crippen molar-refractivity contribution in [1.82, 2.24) is 14.9 Å². The zero-order valence-electron chi connectivity index (χ0n) is 11.9. The van der Waals surface area contributed by atoms with Crippen molar-refractivity contribution in [3.05, 3.63) is 48.0 Å². The molecule has 0 spiro atoms. The second-order valence-corrected chi connectivity index (χ2v) is 4.91. The van der Waals surface area contributed by atoms with E-state index in [2.05, 4.69) is 21.7 Å². The molecule has 106 valence electrons. The third-order valence-electron chi connectivity index (χ3n) is 2.92. The number of anilines is 1. The minimum atomic E-state index is -0.166. The van der Waals surface area contributed by atoms with Crippen molar-refractivity contribution in [2.45, 2.75) is 26.8 Å². The van der Waals surface area contributed by atoms with E-state index in [1.54, 1.807) is 12.5 Å². The number of carbonyl (C=O) groups is 1. The summed E-state index contributed by atoms with van der Waals surface area (Å²) in [6, 6.07) is 5.82. The van der Waals surface area contributed by atoms with Gasteiger partial charge in [-0.1, -0.05) is 6.07 Å². The topological polar surface area (TPSA) is 59.0 Å². The first-order valence-electron chi connectivity index (χ1n) is 6.72. The number of rotatable bonds is 5. The van der Waals surface area contributed by atoms with E-state index in [4.69, 9.17) is 0 Å². The van der Waals surface area contributed by atoms with Gasteiger partial charge in [0.2, 0.25) is 0 Å². The van der Waals surface area contributed by atoms with Gasteiger partial charge in [-0.25, -0.2) is 9.78 Å². The molecule has 1 heterocycles. The largest absolute Gasteiger partial charge is 0.338 e. The predicted octanol–water partition coefficient (Wildman–Crippen LogP) is 2.71. The number of imidazole rings is 1. The highest BCUT2D eigenvalue weighted by atomic mass is 16.2. The maximum Gasteiger partial charge on any atom is 0.319 e.